The van der Waals surface area contributed by atoms with Crippen molar-refractivity contribution in [2.75, 3.05) is 13.1 Å². The van der Waals surface area contributed by atoms with Crippen molar-refractivity contribution >= 4 is 17.8 Å². The topological polar surface area (TPSA) is 72.9 Å². The average Bonchev–Trinajstić information content (AvgIpc) is 3.22. The Kier molecular flexibility index (Phi) is 6.09. The van der Waals surface area contributed by atoms with Gasteiger partial charge in [0.1, 0.15) is 5.75 Å². The van der Waals surface area contributed by atoms with E-state index in [1.54, 1.807) is 36.1 Å². The van der Waals surface area contributed by atoms with Crippen LogP contribution in [0.25, 0.3) is 11.1 Å². The highest BCUT2D eigenvalue weighted by atomic mass is 16.5. The lowest BCUT2D eigenvalue weighted by molar-refractivity contribution is -0.138. The maximum atomic E-state index is 12.3. The van der Waals surface area contributed by atoms with Crippen molar-refractivity contribution in [1.82, 2.24) is 4.90 Å². The highest BCUT2D eigenvalue weighted by Gasteiger charge is 2.26. The lowest BCUT2D eigenvalue weighted by Crippen LogP contribution is -2.38. The number of esters is 2. The van der Waals surface area contributed by atoms with E-state index < -0.39 is 12.1 Å². The predicted octanol–water partition coefficient (Wildman–Crippen LogP) is 3.45. The molecule has 0 aromatic heterocycles. The molecule has 6 nitrogen and oxygen atoms in total. The van der Waals surface area contributed by atoms with Crippen molar-refractivity contribution in [2.45, 2.75) is 32.8 Å². The number of carbonyl (C=O) groups excluding carboxylic acids is 3. The van der Waals surface area contributed by atoms with Gasteiger partial charge < -0.3 is 14.4 Å². The molecule has 1 unspecified atom stereocenters. The minimum absolute atomic E-state index is 0.143. The van der Waals surface area contributed by atoms with E-state index in [1.807, 2.05) is 24.3 Å². The van der Waals surface area contributed by atoms with E-state index in [0.717, 1.165) is 37.1 Å². The molecule has 0 radical (unpaired) electrons. The van der Waals surface area contributed by atoms with Crippen LogP contribution in [-0.2, 0) is 14.3 Å². The molecule has 1 fully saturated rings. The Bertz CT molecular complexity index is 852. The number of rotatable bonds is 5. The van der Waals surface area contributed by atoms with Crippen molar-refractivity contribution < 1.29 is 23.9 Å². The van der Waals surface area contributed by atoms with Crippen LogP contribution in [0.2, 0.25) is 0 Å². The Morgan fingerprint density at radius 2 is 1.43 bits per heavy atom. The molecule has 1 atom stereocenters. The fourth-order valence-electron chi connectivity index (χ4n) is 3.15. The van der Waals surface area contributed by atoms with Crippen LogP contribution in [0.5, 0.6) is 5.75 Å². The van der Waals surface area contributed by atoms with Crippen molar-refractivity contribution in [2.24, 2.45) is 0 Å². The second-order valence-corrected chi connectivity index (χ2v) is 6.78. The molecule has 1 saturated heterocycles. The minimum Gasteiger partial charge on any atom is -0.449 e. The van der Waals surface area contributed by atoms with Gasteiger partial charge in [0.25, 0.3) is 5.91 Å². The van der Waals surface area contributed by atoms with Gasteiger partial charge in [0.15, 0.2) is 6.10 Å². The Morgan fingerprint density at radius 3 is 1.96 bits per heavy atom. The van der Waals surface area contributed by atoms with Crippen LogP contribution >= 0.6 is 0 Å². The Balaban J connectivity index is 1.62. The molecule has 2 aromatic carbocycles. The number of nitrogens with zero attached hydrogens (tertiary/aromatic N) is 1. The summed E-state index contributed by atoms with van der Waals surface area (Å²) >= 11 is 0. The first-order valence-corrected chi connectivity index (χ1v) is 9.33. The van der Waals surface area contributed by atoms with E-state index in [9.17, 15) is 14.4 Å². The number of hydrogen-bond donors (Lipinski definition) is 0. The predicted molar refractivity (Wildman–Crippen MR) is 104 cm³/mol. The van der Waals surface area contributed by atoms with E-state index in [0.29, 0.717) is 11.3 Å². The largest absolute Gasteiger partial charge is 0.449 e. The number of likely N-dealkylation sites (tertiary alicyclic amines) is 1. The van der Waals surface area contributed by atoms with Gasteiger partial charge in [-0.2, -0.15) is 0 Å². The number of carbonyl (C=O) groups is 3. The summed E-state index contributed by atoms with van der Waals surface area (Å²) in [7, 11) is 0. The Labute approximate surface area is 164 Å². The molecule has 3 rings (SSSR count). The van der Waals surface area contributed by atoms with Crippen molar-refractivity contribution in [3.05, 3.63) is 54.1 Å². The number of amides is 1. The first-order chi connectivity index (χ1) is 13.4. The molecule has 1 aliphatic heterocycles. The Hall–Kier alpha value is -3.15. The number of hydrogen-bond acceptors (Lipinski definition) is 5. The molecular weight excluding hydrogens is 358 g/mol. The van der Waals surface area contributed by atoms with Gasteiger partial charge in [-0.1, -0.05) is 24.3 Å². The highest BCUT2D eigenvalue weighted by Crippen LogP contribution is 2.23. The lowest BCUT2D eigenvalue weighted by Gasteiger charge is -2.20. The first kappa shape index (κ1) is 19.6. The number of ether oxygens (including phenoxy) is 2. The van der Waals surface area contributed by atoms with E-state index in [1.165, 1.54) is 6.92 Å². The minimum atomic E-state index is -0.793. The maximum absolute atomic E-state index is 12.3. The molecule has 28 heavy (non-hydrogen) atoms. The molecule has 146 valence electrons. The molecule has 0 N–H and O–H groups in total. The van der Waals surface area contributed by atoms with Gasteiger partial charge in [-0.05, 0) is 55.2 Å². The van der Waals surface area contributed by atoms with Crippen LogP contribution in [-0.4, -0.2) is 41.9 Å². The zero-order valence-electron chi connectivity index (χ0n) is 16.0. The van der Waals surface area contributed by atoms with Gasteiger partial charge in [-0.15, -0.1) is 0 Å². The molecule has 0 saturated carbocycles. The summed E-state index contributed by atoms with van der Waals surface area (Å²) in [6.45, 7) is 4.42. The number of benzene rings is 2. The van der Waals surface area contributed by atoms with Crippen LogP contribution in [0, 0.1) is 0 Å². The zero-order valence-corrected chi connectivity index (χ0v) is 16.0. The maximum Gasteiger partial charge on any atom is 0.338 e. The summed E-state index contributed by atoms with van der Waals surface area (Å²) in [5.41, 5.74) is 2.22. The summed E-state index contributed by atoms with van der Waals surface area (Å²) in [6.07, 6.45) is 1.20. The van der Waals surface area contributed by atoms with Gasteiger partial charge in [-0.3, -0.25) is 9.59 Å². The van der Waals surface area contributed by atoms with Crippen LogP contribution < -0.4 is 4.74 Å². The van der Waals surface area contributed by atoms with Gasteiger partial charge in [0, 0.05) is 20.0 Å². The summed E-state index contributed by atoms with van der Waals surface area (Å²) in [5, 5.41) is 0. The smallest absolute Gasteiger partial charge is 0.338 e. The lowest BCUT2D eigenvalue weighted by atomic mass is 10.0. The second kappa shape index (κ2) is 8.69. The molecule has 0 aliphatic carbocycles. The van der Waals surface area contributed by atoms with E-state index in [-0.39, 0.29) is 11.9 Å². The normalized spacial score (nSPS) is 14.4. The molecule has 1 heterocycles. The highest BCUT2D eigenvalue weighted by molar-refractivity contribution is 5.92. The first-order valence-electron chi connectivity index (χ1n) is 9.33. The van der Waals surface area contributed by atoms with Crippen molar-refractivity contribution in [3.63, 3.8) is 0 Å². The molecule has 1 aliphatic rings. The van der Waals surface area contributed by atoms with E-state index in [2.05, 4.69) is 0 Å². The van der Waals surface area contributed by atoms with Crippen LogP contribution in [0.3, 0.4) is 0 Å². The van der Waals surface area contributed by atoms with Gasteiger partial charge in [0.2, 0.25) is 0 Å². The monoisotopic (exact) mass is 381 g/mol. The third-order valence-electron chi connectivity index (χ3n) is 4.62. The van der Waals surface area contributed by atoms with Gasteiger partial charge in [-0.25, -0.2) is 4.79 Å². The van der Waals surface area contributed by atoms with Gasteiger partial charge in [0.05, 0.1) is 5.56 Å². The summed E-state index contributed by atoms with van der Waals surface area (Å²) in [5.74, 6) is -0.548. The fourth-order valence-corrected chi connectivity index (χ4v) is 3.15. The summed E-state index contributed by atoms with van der Waals surface area (Å²) in [4.78, 5) is 37.3. The third kappa shape index (κ3) is 4.76. The van der Waals surface area contributed by atoms with Crippen LogP contribution in [0.15, 0.2) is 48.5 Å². The van der Waals surface area contributed by atoms with Crippen LogP contribution in [0.1, 0.15) is 37.0 Å². The SMILES string of the molecule is CC(=O)Oc1ccc(-c2ccc(C(=O)OC(C)C(=O)N3CCCC3)cc2)cc1. The van der Waals surface area contributed by atoms with Crippen molar-refractivity contribution in [3.8, 4) is 16.9 Å². The molecular formula is C22H23NO5. The van der Waals surface area contributed by atoms with Crippen LogP contribution in [0.4, 0.5) is 0 Å². The molecule has 2 aromatic rings. The quantitative estimate of drug-likeness (QED) is 0.586. The standard InChI is InChI=1S/C22H23NO5/c1-15(21(25)23-13-3-4-14-23)27-22(26)19-7-5-17(6-8-19)18-9-11-20(12-10-18)28-16(2)24/h5-12,15H,3-4,13-14H2,1-2H3. The molecule has 1 amide bonds. The Morgan fingerprint density at radius 1 is 0.893 bits per heavy atom. The van der Waals surface area contributed by atoms with Gasteiger partial charge >= 0.3 is 11.9 Å². The van der Waals surface area contributed by atoms with E-state index in [4.69, 9.17) is 9.47 Å². The molecule has 0 spiro atoms. The summed E-state index contributed by atoms with van der Waals surface area (Å²) < 4.78 is 10.3. The fraction of sp³-hybridized carbons (Fsp3) is 0.318. The summed E-state index contributed by atoms with van der Waals surface area (Å²) in [6, 6.07) is 14.1. The second-order valence-electron chi connectivity index (χ2n) is 6.78. The molecule has 0 bridgehead atoms. The van der Waals surface area contributed by atoms with E-state index >= 15 is 0 Å². The average molecular weight is 381 g/mol. The molecule has 6 heteroatoms. The zero-order chi connectivity index (χ0) is 20.1. The third-order valence-corrected chi connectivity index (χ3v) is 4.62. The van der Waals surface area contributed by atoms with Crippen molar-refractivity contribution in [1.29, 1.82) is 0 Å².